The molecule has 3 rings (SSSR count). The van der Waals surface area contributed by atoms with E-state index in [9.17, 15) is 14.7 Å². The maximum absolute atomic E-state index is 13.4. The van der Waals surface area contributed by atoms with Gasteiger partial charge in [-0.15, -0.1) is 0 Å². The molecule has 0 saturated heterocycles. The maximum atomic E-state index is 13.4. The molecule has 0 radical (unpaired) electrons. The van der Waals surface area contributed by atoms with E-state index in [-0.39, 0.29) is 23.9 Å². The van der Waals surface area contributed by atoms with E-state index in [4.69, 9.17) is 23.2 Å². The van der Waals surface area contributed by atoms with Crippen LogP contribution in [0.5, 0.6) is 0 Å². The molecule has 2 amide bonds. The number of carbonyl (C=O) groups excluding carboxylic acids is 2. The number of likely N-dealkylation sites (N-methyl/N-ethyl adjacent to an activating group) is 1. The van der Waals surface area contributed by atoms with Crippen molar-refractivity contribution in [2.45, 2.75) is 13.8 Å². The van der Waals surface area contributed by atoms with Crippen molar-refractivity contribution in [3.8, 4) is 0 Å². The zero-order chi connectivity index (χ0) is 20.6. The first kappa shape index (κ1) is 20.4. The van der Waals surface area contributed by atoms with Crippen molar-refractivity contribution < 1.29 is 14.7 Å². The molecule has 146 valence electrons. The largest absolute Gasteiger partial charge is 0.395 e. The molecule has 28 heavy (non-hydrogen) atoms. The Kier molecular flexibility index (Phi) is 5.79. The highest BCUT2D eigenvalue weighted by Gasteiger charge is 2.42. The van der Waals surface area contributed by atoms with Gasteiger partial charge in [-0.25, -0.2) is 4.90 Å². The highest BCUT2D eigenvalue weighted by molar-refractivity contribution is 6.46. The molecular formula is C21H20Cl2N2O3. The van der Waals surface area contributed by atoms with Gasteiger partial charge in [0, 0.05) is 13.6 Å². The number of carbonyl (C=O) groups is 2. The van der Waals surface area contributed by atoms with Crippen LogP contribution in [-0.2, 0) is 9.59 Å². The van der Waals surface area contributed by atoms with Crippen LogP contribution < -0.4 is 4.90 Å². The molecule has 0 aliphatic carbocycles. The lowest BCUT2D eigenvalue weighted by Crippen LogP contribution is -2.34. The number of nitrogens with zero attached hydrogens (tertiary/aromatic N) is 2. The first-order valence-electron chi connectivity index (χ1n) is 8.74. The van der Waals surface area contributed by atoms with E-state index >= 15 is 0 Å². The molecular weight excluding hydrogens is 399 g/mol. The molecule has 0 unspecified atom stereocenters. The van der Waals surface area contributed by atoms with Crippen LogP contribution in [0.15, 0.2) is 42.1 Å². The fourth-order valence-corrected chi connectivity index (χ4v) is 3.62. The topological polar surface area (TPSA) is 60.9 Å². The fourth-order valence-electron chi connectivity index (χ4n) is 3.33. The maximum Gasteiger partial charge on any atom is 0.282 e. The SMILES string of the molecule is Cc1ccc(C2=C(N(C)CCO)C(=O)N(c3ccc(Cl)c(Cl)c3)C2=O)c(C)c1. The lowest BCUT2D eigenvalue weighted by atomic mass is 9.97. The zero-order valence-electron chi connectivity index (χ0n) is 15.8. The van der Waals surface area contributed by atoms with E-state index in [0.717, 1.165) is 16.0 Å². The van der Waals surface area contributed by atoms with Crippen LogP contribution in [0.3, 0.4) is 0 Å². The van der Waals surface area contributed by atoms with Gasteiger partial charge in [0.1, 0.15) is 5.70 Å². The monoisotopic (exact) mass is 418 g/mol. The lowest BCUT2D eigenvalue weighted by molar-refractivity contribution is -0.120. The molecule has 2 aromatic carbocycles. The minimum atomic E-state index is -0.464. The van der Waals surface area contributed by atoms with E-state index in [0.29, 0.717) is 21.8 Å². The van der Waals surface area contributed by atoms with Gasteiger partial charge in [-0.3, -0.25) is 9.59 Å². The summed E-state index contributed by atoms with van der Waals surface area (Å²) in [5.41, 5.74) is 3.54. The van der Waals surface area contributed by atoms with E-state index in [1.807, 2.05) is 32.0 Å². The summed E-state index contributed by atoms with van der Waals surface area (Å²) in [6.07, 6.45) is 0. The van der Waals surface area contributed by atoms with Gasteiger partial charge in [0.15, 0.2) is 0 Å². The van der Waals surface area contributed by atoms with Crippen LogP contribution in [0.2, 0.25) is 10.0 Å². The van der Waals surface area contributed by atoms with Crippen molar-refractivity contribution in [2.75, 3.05) is 25.1 Å². The van der Waals surface area contributed by atoms with Gasteiger partial charge in [-0.2, -0.15) is 0 Å². The van der Waals surface area contributed by atoms with Crippen LogP contribution in [0, 0.1) is 13.8 Å². The molecule has 7 heteroatoms. The van der Waals surface area contributed by atoms with Crippen molar-refractivity contribution in [3.63, 3.8) is 0 Å². The minimum absolute atomic E-state index is 0.144. The number of hydrogen-bond acceptors (Lipinski definition) is 4. The second-order valence-electron chi connectivity index (χ2n) is 6.73. The number of halogens is 2. The average Bonchev–Trinajstić information content (AvgIpc) is 2.88. The summed E-state index contributed by atoms with van der Waals surface area (Å²) < 4.78 is 0. The molecule has 1 N–H and O–H groups in total. The van der Waals surface area contributed by atoms with Crippen molar-refractivity contribution in [3.05, 3.63) is 68.8 Å². The summed E-state index contributed by atoms with van der Waals surface area (Å²) in [4.78, 5) is 29.3. The van der Waals surface area contributed by atoms with Crippen molar-refractivity contribution >= 4 is 46.3 Å². The summed E-state index contributed by atoms with van der Waals surface area (Å²) in [7, 11) is 1.68. The Hall–Kier alpha value is -2.34. The number of benzene rings is 2. The predicted molar refractivity (Wildman–Crippen MR) is 112 cm³/mol. The second kappa shape index (κ2) is 7.95. The van der Waals surface area contributed by atoms with Crippen LogP contribution in [0.25, 0.3) is 5.57 Å². The lowest BCUT2D eigenvalue weighted by Gasteiger charge is -2.20. The summed E-state index contributed by atoms with van der Waals surface area (Å²) in [5.74, 6) is -0.899. The van der Waals surface area contributed by atoms with Gasteiger partial charge < -0.3 is 10.0 Å². The van der Waals surface area contributed by atoms with Gasteiger partial charge >= 0.3 is 0 Å². The molecule has 0 saturated carbocycles. The molecule has 0 bridgehead atoms. The van der Waals surface area contributed by atoms with Gasteiger partial charge in [-0.05, 0) is 43.2 Å². The van der Waals surface area contributed by atoms with Crippen LogP contribution in [0.4, 0.5) is 5.69 Å². The summed E-state index contributed by atoms with van der Waals surface area (Å²) in [6.45, 7) is 3.94. The third-order valence-electron chi connectivity index (χ3n) is 4.69. The Balaban J connectivity index is 2.18. The predicted octanol–water partition coefficient (Wildman–Crippen LogP) is 3.82. The van der Waals surface area contributed by atoms with Crippen LogP contribution in [0.1, 0.15) is 16.7 Å². The molecule has 2 aromatic rings. The molecule has 0 fully saturated rings. The zero-order valence-corrected chi connectivity index (χ0v) is 17.3. The fraction of sp³-hybridized carbons (Fsp3) is 0.238. The van der Waals surface area contributed by atoms with Crippen molar-refractivity contribution in [1.29, 1.82) is 0 Å². The Labute approximate surface area is 173 Å². The number of anilines is 1. The summed E-state index contributed by atoms with van der Waals surface area (Å²) >= 11 is 12.1. The summed E-state index contributed by atoms with van der Waals surface area (Å²) in [6, 6.07) is 10.3. The smallest absolute Gasteiger partial charge is 0.282 e. The number of amides is 2. The molecule has 1 aliphatic heterocycles. The molecule has 1 aliphatic rings. The quantitative estimate of drug-likeness (QED) is 0.749. The number of rotatable bonds is 5. The Morgan fingerprint density at radius 3 is 2.32 bits per heavy atom. The number of imide groups is 1. The molecule has 5 nitrogen and oxygen atoms in total. The van der Waals surface area contributed by atoms with Crippen molar-refractivity contribution in [2.24, 2.45) is 0 Å². The molecule has 0 spiro atoms. The van der Waals surface area contributed by atoms with E-state index in [1.54, 1.807) is 24.1 Å². The van der Waals surface area contributed by atoms with E-state index in [2.05, 4.69) is 0 Å². The van der Waals surface area contributed by atoms with Gasteiger partial charge in [0.25, 0.3) is 11.8 Å². The Bertz CT molecular complexity index is 1000. The molecule has 0 aromatic heterocycles. The number of hydrogen-bond donors (Lipinski definition) is 1. The number of aliphatic hydroxyl groups excluding tert-OH is 1. The van der Waals surface area contributed by atoms with Gasteiger partial charge in [0.05, 0.1) is 27.9 Å². The Morgan fingerprint density at radius 1 is 1.00 bits per heavy atom. The number of aliphatic hydroxyl groups is 1. The third-order valence-corrected chi connectivity index (χ3v) is 5.43. The second-order valence-corrected chi connectivity index (χ2v) is 7.55. The van der Waals surface area contributed by atoms with Crippen LogP contribution >= 0.6 is 23.2 Å². The Morgan fingerprint density at radius 2 is 1.71 bits per heavy atom. The minimum Gasteiger partial charge on any atom is -0.395 e. The molecule has 0 atom stereocenters. The van der Waals surface area contributed by atoms with E-state index in [1.165, 1.54) is 6.07 Å². The van der Waals surface area contributed by atoms with Crippen molar-refractivity contribution in [1.82, 2.24) is 4.90 Å². The number of aryl methyl sites for hydroxylation is 2. The highest BCUT2D eigenvalue weighted by atomic mass is 35.5. The first-order valence-corrected chi connectivity index (χ1v) is 9.49. The van der Waals surface area contributed by atoms with Gasteiger partial charge in [-0.1, -0.05) is 47.0 Å². The third kappa shape index (κ3) is 3.53. The average molecular weight is 419 g/mol. The standard InChI is InChI=1S/C21H20Cl2N2O3/c1-12-4-6-15(13(2)10-12)18-19(24(3)8-9-26)21(28)25(20(18)27)14-5-7-16(22)17(23)11-14/h4-7,10-11,26H,8-9H2,1-3H3. The van der Waals surface area contributed by atoms with Gasteiger partial charge in [0.2, 0.25) is 0 Å². The first-order chi connectivity index (χ1) is 13.3. The van der Waals surface area contributed by atoms with Crippen LogP contribution in [-0.4, -0.2) is 42.0 Å². The highest BCUT2D eigenvalue weighted by Crippen LogP contribution is 2.37. The van der Waals surface area contributed by atoms with E-state index < -0.39 is 11.8 Å². The normalized spacial score (nSPS) is 14.3. The molecule has 1 heterocycles. The summed E-state index contributed by atoms with van der Waals surface area (Å²) in [5, 5.41) is 9.93.